The van der Waals surface area contributed by atoms with Crippen molar-refractivity contribution in [3.8, 4) is 22.4 Å². The largest absolute Gasteiger partial charge is 0.369 e. The van der Waals surface area contributed by atoms with E-state index in [9.17, 15) is 0 Å². The van der Waals surface area contributed by atoms with E-state index in [0.29, 0.717) is 23.7 Å². The Kier molecular flexibility index (Phi) is 12.4. The van der Waals surface area contributed by atoms with Crippen molar-refractivity contribution in [3.05, 3.63) is 160 Å². The molecule has 0 radical (unpaired) electrons. The highest BCUT2D eigenvalue weighted by Gasteiger charge is 2.53. The number of anilines is 3. The van der Waals surface area contributed by atoms with E-state index >= 15 is 0 Å². The van der Waals surface area contributed by atoms with Gasteiger partial charge in [-0.05, 0) is 112 Å². The molecule has 5 heteroatoms. The molecule has 1 N–H and O–H groups in total. The van der Waals surface area contributed by atoms with E-state index in [-0.39, 0.29) is 6.04 Å². The lowest BCUT2D eigenvalue weighted by atomic mass is 9.64. The molecule has 59 heavy (non-hydrogen) atoms. The predicted molar refractivity (Wildman–Crippen MR) is 262 cm³/mol. The van der Waals surface area contributed by atoms with Crippen LogP contribution in [-0.2, 0) is 6.42 Å². The number of rotatable bonds is 14. The van der Waals surface area contributed by atoms with Gasteiger partial charge in [-0.25, -0.2) is 0 Å². The molecule has 0 bridgehead atoms. The summed E-state index contributed by atoms with van der Waals surface area (Å²) in [6.45, 7) is 28.9. The van der Waals surface area contributed by atoms with E-state index in [2.05, 4.69) is 212 Å². The van der Waals surface area contributed by atoms with Gasteiger partial charge in [-0.2, -0.15) is 4.57 Å². The third-order valence-electron chi connectivity index (χ3n) is 12.3. The Balaban J connectivity index is 1.34. The van der Waals surface area contributed by atoms with Crippen LogP contribution in [0.25, 0.3) is 22.4 Å². The van der Waals surface area contributed by atoms with Crippen LogP contribution in [-0.4, -0.2) is 21.7 Å². The molecule has 2 aliphatic rings. The molecule has 0 saturated carbocycles. The van der Waals surface area contributed by atoms with Gasteiger partial charge < -0.3 is 10.2 Å². The number of nitrogens with one attached hydrogen (secondary N) is 1. The summed E-state index contributed by atoms with van der Waals surface area (Å²) in [5.74, 6) is 1.58. The molecule has 5 aromatic rings. The van der Waals surface area contributed by atoms with Crippen molar-refractivity contribution < 1.29 is 4.57 Å². The number of likely N-dealkylation sites (N-methyl/N-ethyl adjacent to an activating group) is 1. The summed E-state index contributed by atoms with van der Waals surface area (Å²) in [4.78, 5) is 3.47. The molecular weight excluding hydrogens is 751 g/mol. The van der Waals surface area contributed by atoms with Crippen molar-refractivity contribution in [2.45, 2.75) is 105 Å². The third-order valence-corrected chi connectivity index (χ3v) is 14.5. The van der Waals surface area contributed by atoms with Gasteiger partial charge in [0.25, 0.3) is 0 Å². The Labute approximate surface area is 362 Å². The standard InChI is InChI=1S/C54H65N3SSi/c1-34(2)26-41-31-50-42-22-16-17-23-43(42)52-46(28-37(7)27-38(8)58)47(54(52)57(50)33-51(41)59(10,11)12)32-56(9)49-25-19-18-24-48(49)55-53-44(35(3)4)29-40(30-45(53)36(5)6)39-20-14-13-15-21-39/h13-25,27,29-31,33-36,52,54-55H,7,26,28,32H2,1-6,8-12H3/p+1/b38-27+. The number of hydrogen-bond donors (Lipinski definition) is 2. The molecule has 1 aromatic heterocycles. The van der Waals surface area contributed by atoms with Gasteiger partial charge in [-0.15, -0.1) is 12.6 Å². The van der Waals surface area contributed by atoms with E-state index in [1.54, 1.807) is 5.19 Å². The van der Waals surface area contributed by atoms with E-state index in [1.807, 2.05) is 6.92 Å². The molecule has 4 aromatic carbocycles. The molecule has 0 fully saturated rings. The number of thiol groups is 1. The average Bonchev–Trinajstić information content (AvgIpc) is 3.18. The highest BCUT2D eigenvalue weighted by Crippen LogP contribution is 2.56. The first-order valence-corrected chi connectivity index (χ1v) is 25.7. The van der Waals surface area contributed by atoms with Crippen LogP contribution in [0, 0.1) is 5.92 Å². The highest BCUT2D eigenvalue weighted by molar-refractivity contribution is 7.84. The van der Waals surface area contributed by atoms with Crippen molar-refractivity contribution in [1.29, 1.82) is 0 Å². The Hall–Kier alpha value is -4.58. The average molecular weight is 817 g/mol. The maximum Gasteiger partial charge on any atom is 0.213 e. The van der Waals surface area contributed by atoms with Crippen LogP contribution >= 0.6 is 12.6 Å². The second-order valence-electron chi connectivity index (χ2n) is 19.2. The lowest BCUT2D eigenvalue weighted by Gasteiger charge is -2.44. The van der Waals surface area contributed by atoms with E-state index < -0.39 is 8.07 Å². The monoisotopic (exact) mass is 816 g/mol. The fraction of sp³-hybridized carbons (Fsp3) is 0.352. The van der Waals surface area contributed by atoms with Crippen LogP contribution in [0.5, 0.6) is 0 Å². The Bertz CT molecular complexity index is 2400. The van der Waals surface area contributed by atoms with Crippen molar-refractivity contribution in [2.75, 3.05) is 23.8 Å². The zero-order valence-electron chi connectivity index (χ0n) is 37.4. The molecule has 2 unspecified atom stereocenters. The first-order chi connectivity index (χ1) is 28.0. The highest BCUT2D eigenvalue weighted by atomic mass is 32.1. The zero-order valence-corrected chi connectivity index (χ0v) is 39.3. The number of pyridine rings is 1. The molecule has 3 nitrogen and oxygen atoms in total. The Morgan fingerprint density at radius 3 is 2.08 bits per heavy atom. The van der Waals surface area contributed by atoms with E-state index in [0.717, 1.165) is 35.6 Å². The molecular formula is C54H66N3SSi+. The second kappa shape index (κ2) is 17.2. The molecule has 2 heterocycles. The lowest BCUT2D eigenvalue weighted by molar-refractivity contribution is -0.711. The van der Waals surface area contributed by atoms with Gasteiger partial charge in [0.05, 0.1) is 30.9 Å². The number of allylic oxidation sites excluding steroid dienone is 4. The van der Waals surface area contributed by atoms with Crippen LogP contribution in [0.2, 0.25) is 19.6 Å². The zero-order chi connectivity index (χ0) is 42.3. The molecule has 1 aliphatic carbocycles. The fourth-order valence-electron chi connectivity index (χ4n) is 9.65. The first kappa shape index (κ1) is 42.5. The number of aromatic nitrogens is 1. The van der Waals surface area contributed by atoms with E-state index in [4.69, 9.17) is 0 Å². The summed E-state index contributed by atoms with van der Waals surface area (Å²) >= 11 is 4.66. The number of para-hydroxylation sites is 2. The molecule has 1 aliphatic heterocycles. The van der Waals surface area contributed by atoms with Gasteiger partial charge in [0.2, 0.25) is 5.69 Å². The summed E-state index contributed by atoms with van der Waals surface area (Å²) in [5, 5.41) is 5.63. The SMILES string of the molecule is C=C(/C=C(\C)S)CC1=C(CN(C)c2ccccc2Nc2c(C(C)C)cc(-c3ccccc3)cc2C(C)C)C2C1c1ccccc1-c1cc(CC(C)C)c([Si](C)(C)C)c[n+]12. The maximum atomic E-state index is 4.66. The minimum Gasteiger partial charge on any atom is -0.369 e. The minimum absolute atomic E-state index is 0.236. The summed E-state index contributed by atoms with van der Waals surface area (Å²) in [6, 6.07) is 36.5. The number of fused-ring (bicyclic) bond motifs is 6. The van der Waals surface area contributed by atoms with Crippen LogP contribution in [0.1, 0.15) is 101 Å². The molecule has 7 rings (SSSR count). The van der Waals surface area contributed by atoms with Gasteiger partial charge in [-0.1, -0.05) is 140 Å². The number of hydrogen-bond acceptors (Lipinski definition) is 3. The van der Waals surface area contributed by atoms with Crippen LogP contribution in [0.15, 0.2) is 138 Å². The van der Waals surface area contributed by atoms with Crippen molar-refractivity contribution in [1.82, 2.24) is 0 Å². The smallest absolute Gasteiger partial charge is 0.213 e. The molecule has 0 saturated heterocycles. The number of benzene rings is 4. The lowest BCUT2D eigenvalue weighted by Crippen LogP contribution is -2.58. The fourth-order valence-corrected chi connectivity index (χ4v) is 11.5. The van der Waals surface area contributed by atoms with Crippen LogP contribution in [0.4, 0.5) is 17.1 Å². The van der Waals surface area contributed by atoms with Crippen molar-refractivity contribution in [2.24, 2.45) is 5.92 Å². The molecule has 0 spiro atoms. The van der Waals surface area contributed by atoms with Crippen molar-refractivity contribution >= 4 is 43.0 Å². The van der Waals surface area contributed by atoms with Crippen molar-refractivity contribution in [3.63, 3.8) is 0 Å². The summed E-state index contributed by atoms with van der Waals surface area (Å²) < 4.78 is 2.68. The van der Waals surface area contributed by atoms with Gasteiger partial charge in [0.15, 0.2) is 12.2 Å². The third kappa shape index (κ3) is 8.70. The Morgan fingerprint density at radius 1 is 0.831 bits per heavy atom. The summed E-state index contributed by atoms with van der Waals surface area (Å²) in [7, 11) is 0.605. The van der Waals surface area contributed by atoms with Gasteiger partial charge in [-0.3, -0.25) is 0 Å². The minimum atomic E-state index is -1.67. The van der Waals surface area contributed by atoms with E-state index in [1.165, 1.54) is 67.2 Å². The topological polar surface area (TPSA) is 19.1 Å². The second-order valence-corrected chi connectivity index (χ2v) is 25.0. The predicted octanol–water partition coefficient (Wildman–Crippen LogP) is 13.9. The van der Waals surface area contributed by atoms with Gasteiger partial charge in [0, 0.05) is 36.1 Å². The van der Waals surface area contributed by atoms with Gasteiger partial charge in [0.1, 0.15) is 0 Å². The molecule has 2 atom stereocenters. The normalized spacial score (nSPS) is 16.2. The maximum absolute atomic E-state index is 4.66. The summed E-state index contributed by atoms with van der Waals surface area (Å²) in [5.41, 5.74) is 18.6. The van der Waals surface area contributed by atoms with Crippen LogP contribution in [0.3, 0.4) is 0 Å². The quantitative estimate of drug-likeness (QED) is 0.0383. The van der Waals surface area contributed by atoms with Gasteiger partial charge >= 0.3 is 0 Å². The molecule has 306 valence electrons. The summed E-state index contributed by atoms with van der Waals surface area (Å²) in [6.07, 6.45) is 6.67. The molecule has 0 amide bonds. The first-order valence-electron chi connectivity index (χ1n) is 21.8. The Morgan fingerprint density at radius 2 is 1.46 bits per heavy atom. The van der Waals surface area contributed by atoms with Crippen LogP contribution < -0.4 is 20.0 Å². The number of nitrogens with zero attached hydrogens (tertiary/aromatic N) is 2.